The average Bonchev–Trinajstić information content (AvgIpc) is 2.75. The molecule has 0 saturated heterocycles. The molecule has 0 aliphatic carbocycles. The van der Waals surface area contributed by atoms with E-state index >= 15 is 0 Å². The standard InChI is InChI=1S/C12H14BrCl2N5/c1-7(2)5-16-6-11-17-18-19-20(11)12-9(14)3-8(13)4-10(12)15/h3-4,7,16H,5-6H2,1-2H3. The summed E-state index contributed by atoms with van der Waals surface area (Å²) in [6.07, 6.45) is 0. The smallest absolute Gasteiger partial charge is 0.170 e. The van der Waals surface area contributed by atoms with Gasteiger partial charge in [0.1, 0.15) is 5.69 Å². The zero-order valence-electron chi connectivity index (χ0n) is 11.1. The number of halogens is 3. The molecule has 0 amide bonds. The quantitative estimate of drug-likeness (QED) is 0.865. The number of aromatic nitrogens is 4. The van der Waals surface area contributed by atoms with Crippen LogP contribution in [0.5, 0.6) is 0 Å². The Morgan fingerprint density at radius 1 is 1.30 bits per heavy atom. The molecule has 0 bridgehead atoms. The van der Waals surface area contributed by atoms with E-state index in [4.69, 9.17) is 23.2 Å². The van der Waals surface area contributed by atoms with Crippen molar-refractivity contribution in [3.8, 4) is 5.69 Å². The topological polar surface area (TPSA) is 55.6 Å². The molecular formula is C12H14BrCl2N5. The van der Waals surface area contributed by atoms with E-state index in [9.17, 15) is 0 Å². The van der Waals surface area contributed by atoms with Crippen LogP contribution < -0.4 is 5.32 Å². The second-order valence-corrected chi connectivity index (χ2v) is 6.48. The molecule has 108 valence electrons. The molecule has 0 aliphatic rings. The lowest BCUT2D eigenvalue weighted by Gasteiger charge is -2.10. The van der Waals surface area contributed by atoms with E-state index in [2.05, 4.69) is 50.6 Å². The normalized spacial score (nSPS) is 11.3. The molecule has 8 heteroatoms. The zero-order valence-corrected chi connectivity index (χ0v) is 14.2. The number of nitrogens with one attached hydrogen (secondary N) is 1. The number of tetrazole rings is 1. The maximum absolute atomic E-state index is 6.23. The van der Waals surface area contributed by atoms with Crippen molar-refractivity contribution in [2.45, 2.75) is 20.4 Å². The largest absolute Gasteiger partial charge is 0.310 e. The minimum Gasteiger partial charge on any atom is -0.310 e. The minimum absolute atomic E-state index is 0.488. The fourth-order valence-electron chi connectivity index (χ4n) is 1.70. The summed E-state index contributed by atoms with van der Waals surface area (Å²) in [5.74, 6) is 1.22. The van der Waals surface area contributed by atoms with E-state index in [1.165, 1.54) is 0 Å². The van der Waals surface area contributed by atoms with Crippen molar-refractivity contribution in [2.75, 3.05) is 6.54 Å². The summed E-state index contributed by atoms with van der Waals surface area (Å²) in [5.41, 5.74) is 0.586. The number of nitrogens with zero attached hydrogens (tertiary/aromatic N) is 4. The van der Waals surface area contributed by atoms with Gasteiger partial charge >= 0.3 is 0 Å². The van der Waals surface area contributed by atoms with Gasteiger partial charge in [0.05, 0.1) is 16.6 Å². The lowest BCUT2D eigenvalue weighted by Crippen LogP contribution is -2.21. The average molecular weight is 379 g/mol. The Bertz CT molecular complexity index is 576. The molecule has 5 nitrogen and oxygen atoms in total. The van der Waals surface area contributed by atoms with Crippen molar-refractivity contribution in [3.63, 3.8) is 0 Å². The molecule has 0 atom stereocenters. The first-order valence-corrected chi connectivity index (χ1v) is 7.67. The highest BCUT2D eigenvalue weighted by molar-refractivity contribution is 9.10. The second kappa shape index (κ2) is 6.85. The lowest BCUT2D eigenvalue weighted by atomic mass is 10.2. The van der Waals surface area contributed by atoms with Gasteiger partial charge in [-0.3, -0.25) is 0 Å². The van der Waals surface area contributed by atoms with Crippen molar-refractivity contribution < 1.29 is 0 Å². The van der Waals surface area contributed by atoms with Gasteiger partial charge in [0.25, 0.3) is 0 Å². The summed E-state index contributed by atoms with van der Waals surface area (Å²) >= 11 is 15.8. The molecule has 20 heavy (non-hydrogen) atoms. The Labute approximate surface area is 135 Å². The number of rotatable bonds is 5. The molecule has 2 rings (SSSR count). The first kappa shape index (κ1) is 15.7. The van der Waals surface area contributed by atoms with E-state index in [0.717, 1.165) is 11.0 Å². The van der Waals surface area contributed by atoms with E-state index in [1.54, 1.807) is 16.8 Å². The van der Waals surface area contributed by atoms with Gasteiger partial charge in [-0.2, -0.15) is 4.68 Å². The third-order valence-corrected chi connectivity index (χ3v) is 3.60. The molecule has 1 aromatic heterocycles. The summed E-state index contributed by atoms with van der Waals surface area (Å²) < 4.78 is 2.37. The van der Waals surface area contributed by atoms with E-state index < -0.39 is 0 Å². The van der Waals surface area contributed by atoms with Crippen molar-refractivity contribution in [3.05, 3.63) is 32.5 Å². The van der Waals surface area contributed by atoms with Gasteiger partial charge in [-0.25, -0.2) is 0 Å². The number of hydrogen-bond donors (Lipinski definition) is 1. The molecule has 1 N–H and O–H groups in total. The van der Waals surface area contributed by atoms with Crippen molar-refractivity contribution >= 4 is 39.1 Å². The first-order valence-electron chi connectivity index (χ1n) is 6.12. The van der Waals surface area contributed by atoms with E-state index in [-0.39, 0.29) is 0 Å². The van der Waals surface area contributed by atoms with E-state index in [0.29, 0.717) is 34.0 Å². The maximum atomic E-state index is 6.23. The van der Waals surface area contributed by atoms with Crippen LogP contribution in [0, 0.1) is 5.92 Å². The van der Waals surface area contributed by atoms with E-state index in [1.807, 2.05) is 0 Å². The zero-order chi connectivity index (χ0) is 14.7. The first-order chi connectivity index (χ1) is 9.49. The summed E-state index contributed by atoms with van der Waals surface area (Å²) in [4.78, 5) is 0. The van der Waals surface area contributed by atoms with Gasteiger partial charge in [0, 0.05) is 4.47 Å². The monoisotopic (exact) mass is 377 g/mol. The predicted octanol–water partition coefficient (Wildman–Crippen LogP) is 3.48. The third kappa shape index (κ3) is 3.69. The predicted molar refractivity (Wildman–Crippen MR) is 83.4 cm³/mol. The van der Waals surface area contributed by atoms with Gasteiger partial charge in [0.2, 0.25) is 0 Å². The Hall–Kier alpha value is -0.690. The van der Waals surface area contributed by atoms with Crippen LogP contribution in [0.15, 0.2) is 16.6 Å². The molecule has 2 aromatic rings. The lowest BCUT2D eigenvalue weighted by molar-refractivity contribution is 0.538. The van der Waals surface area contributed by atoms with Crippen LogP contribution in [0.1, 0.15) is 19.7 Å². The van der Waals surface area contributed by atoms with Crippen molar-refractivity contribution in [1.29, 1.82) is 0 Å². The Kier molecular flexibility index (Phi) is 5.37. The van der Waals surface area contributed by atoms with Crippen LogP contribution in [-0.4, -0.2) is 26.8 Å². The van der Waals surface area contributed by atoms with Gasteiger partial charge in [-0.05, 0) is 35.0 Å². The van der Waals surface area contributed by atoms with Gasteiger partial charge < -0.3 is 5.32 Å². The summed E-state index contributed by atoms with van der Waals surface area (Å²) in [6.45, 7) is 5.71. The van der Waals surface area contributed by atoms with Gasteiger partial charge in [0.15, 0.2) is 5.82 Å². The van der Waals surface area contributed by atoms with Gasteiger partial charge in [-0.15, -0.1) is 5.10 Å². The molecule has 1 heterocycles. The van der Waals surface area contributed by atoms with Crippen molar-refractivity contribution in [1.82, 2.24) is 25.5 Å². The second-order valence-electron chi connectivity index (χ2n) is 4.75. The van der Waals surface area contributed by atoms with Crippen molar-refractivity contribution in [2.24, 2.45) is 5.92 Å². The highest BCUT2D eigenvalue weighted by atomic mass is 79.9. The van der Waals surface area contributed by atoms with Crippen LogP contribution >= 0.6 is 39.1 Å². The number of benzene rings is 1. The van der Waals surface area contributed by atoms with Gasteiger partial charge in [-0.1, -0.05) is 53.0 Å². The molecule has 0 fully saturated rings. The summed E-state index contributed by atoms with van der Waals surface area (Å²) in [7, 11) is 0. The minimum atomic E-state index is 0.488. The van der Waals surface area contributed by atoms with Crippen LogP contribution in [0.25, 0.3) is 5.69 Å². The maximum Gasteiger partial charge on any atom is 0.170 e. The number of hydrogen-bond acceptors (Lipinski definition) is 4. The Balaban J connectivity index is 2.28. The van der Waals surface area contributed by atoms with Crippen LogP contribution in [0.3, 0.4) is 0 Å². The highest BCUT2D eigenvalue weighted by Crippen LogP contribution is 2.32. The molecule has 0 saturated carbocycles. The molecule has 0 spiro atoms. The van der Waals surface area contributed by atoms with Crippen LogP contribution in [0.4, 0.5) is 0 Å². The summed E-state index contributed by atoms with van der Waals surface area (Å²) in [5, 5.41) is 15.9. The Morgan fingerprint density at radius 3 is 2.55 bits per heavy atom. The molecule has 0 aliphatic heterocycles. The molecule has 1 aromatic carbocycles. The molecule has 0 radical (unpaired) electrons. The van der Waals surface area contributed by atoms with Crippen LogP contribution in [0.2, 0.25) is 10.0 Å². The fourth-order valence-corrected chi connectivity index (χ4v) is 3.07. The third-order valence-electron chi connectivity index (χ3n) is 2.56. The SMILES string of the molecule is CC(C)CNCc1nnnn1-c1c(Cl)cc(Br)cc1Cl. The fraction of sp³-hybridized carbons (Fsp3) is 0.417. The molecular weight excluding hydrogens is 365 g/mol. The highest BCUT2D eigenvalue weighted by Gasteiger charge is 2.15. The molecule has 0 unspecified atom stereocenters. The Morgan fingerprint density at radius 2 is 1.95 bits per heavy atom. The summed E-state index contributed by atoms with van der Waals surface area (Å²) in [6, 6.07) is 3.52. The van der Waals surface area contributed by atoms with Crippen LogP contribution in [-0.2, 0) is 6.54 Å².